The van der Waals surface area contributed by atoms with Gasteiger partial charge in [-0.25, -0.2) is 9.59 Å². The maximum atomic E-state index is 11.8. The Morgan fingerprint density at radius 1 is 0.758 bits per heavy atom. The third kappa shape index (κ3) is 7.70. The SMILES string of the molecule is C=C(C)C(=O)OCOc1ccc(-c2ccc(OCOC(=O)/C=C/c3ccccc3)cc2)cc1. The Kier molecular flexibility index (Phi) is 8.42. The molecule has 6 nitrogen and oxygen atoms in total. The number of ether oxygens (including phenoxy) is 4. The summed E-state index contributed by atoms with van der Waals surface area (Å²) in [4.78, 5) is 23.1. The van der Waals surface area contributed by atoms with Gasteiger partial charge in [0.15, 0.2) is 0 Å². The summed E-state index contributed by atoms with van der Waals surface area (Å²) in [6, 6.07) is 24.2. The fourth-order valence-corrected chi connectivity index (χ4v) is 2.69. The third-order valence-corrected chi connectivity index (χ3v) is 4.44. The van der Waals surface area contributed by atoms with Crippen molar-refractivity contribution in [3.8, 4) is 22.6 Å². The van der Waals surface area contributed by atoms with Crippen molar-refractivity contribution in [2.45, 2.75) is 6.92 Å². The molecule has 0 saturated carbocycles. The second-order valence-corrected chi connectivity index (χ2v) is 6.99. The summed E-state index contributed by atoms with van der Waals surface area (Å²) in [6.07, 6.45) is 3.04. The fraction of sp³-hybridized carbons (Fsp3) is 0.111. The van der Waals surface area contributed by atoms with Crippen LogP contribution in [-0.2, 0) is 19.1 Å². The fourth-order valence-electron chi connectivity index (χ4n) is 2.69. The molecule has 0 N–H and O–H groups in total. The van der Waals surface area contributed by atoms with Crippen LogP contribution in [0, 0.1) is 0 Å². The van der Waals surface area contributed by atoms with Crippen molar-refractivity contribution >= 4 is 18.0 Å². The first-order valence-corrected chi connectivity index (χ1v) is 10.2. The molecule has 0 heterocycles. The van der Waals surface area contributed by atoms with Crippen LogP contribution in [0.3, 0.4) is 0 Å². The van der Waals surface area contributed by atoms with Crippen LogP contribution in [0.15, 0.2) is 97.1 Å². The standard InChI is InChI=1S/C27H24O6/c1-20(2)27(29)33-19-31-25-15-11-23(12-16-25)22-9-13-24(14-10-22)30-18-32-26(28)17-8-21-6-4-3-5-7-21/h3-17H,1,18-19H2,2H3/b17-8+. The van der Waals surface area contributed by atoms with Crippen LogP contribution in [-0.4, -0.2) is 25.5 Å². The van der Waals surface area contributed by atoms with E-state index in [4.69, 9.17) is 18.9 Å². The van der Waals surface area contributed by atoms with E-state index < -0.39 is 11.9 Å². The zero-order valence-electron chi connectivity index (χ0n) is 18.2. The highest BCUT2D eigenvalue weighted by molar-refractivity contribution is 5.87. The van der Waals surface area contributed by atoms with E-state index in [1.165, 1.54) is 6.08 Å². The minimum Gasteiger partial charge on any atom is -0.457 e. The molecule has 0 bridgehead atoms. The molecule has 3 rings (SSSR count). The van der Waals surface area contributed by atoms with Crippen molar-refractivity contribution in [2.75, 3.05) is 13.6 Å². The van der Waals surface area contributed by atoms with Gasteiger partial charge in [0, 0.05) is 11.6 Å². The summed E-state index contributed by atoms with van der Waals surface area (Å²) in [5.74, 6) is 0.189. The molecule has 0 radical (unpaired) electrons. The van der Waals surface area contributed by atoms with E-state index in [1.54, 1.807) is 37.3 Å². The highest BCUT2D eigenvalue weighted by atomic mass is 16.7. The van der Waals surface area contributed by atoms with Gasteiger partial charge < -0.3 is 18.9 Å². The number of carbonyl (C=O) groups excluding carboxylic acids is 2. The average Bonchev–Trinajstić information content (AvgIpc) is 2.84. The van der Waals surface area contributed by atoms with Crippen molar-refractivity contribution in [2.24, 2.45) is 0 Å². The lowest BCUT2D eigenvalue weighted by Crippen LogP contribution is -2.10. The van der Waals surface area contributed by atoms with Crippen LogP contribution < -0.4 is 9.47 Å². The number of benzene rings is 3. The maximum Gasteiger partial charge on any atom is 0.335 e. The first kappa shape index (κ1) is 23.3. The van der Waals surface area contributed by atoms with Crippen LogP contribution in [0.1, 0.15) is 12.5 Å². The topological polar surface area (TPSA) is 71.1 Å². The normalized spacial score (nSPS) is 10.5. The van der Waals surface area contributed by atoms with Gasteiger partial charge in [-0.1, -0.05) is 61.2 Å². The molecule has 3 aromatic carbocycles. The molecular formula is C27H24O6. The van der Waals surface area contributed by atoms with Crippen molar-refractivity contribution in [3.05, 3.63) is 103 Å². The lowest BCUT2D eigenvalue weighted by Gasteiger charge is -2.09. The van der Waals surface area contributed by atoms with Gasteiger partial charge in [-0.15, -0.1) is 0 Å². The predicted octanol–water partition coefficient (Wildman–Crippen LogP) is 5.40. The minimum absolute atomic E-state index is 0.177. The number of rotatable bonds is 10. The Hall–Kier alpha value is -4.32. The molecule has 0 aromatic heterocycles. The molecule has 3 aromatic rings. The van der Waals surface area contributed by atoms with Gasteiger partial charge >= 0.3 is 11.9 Å². The van der Waals surface area contributed by atoms with E-state index >= 15 is 0 Å². The Morgan fingerprint density at radius 3 is 1.79 bits per heavy atom. The van der Waals surface area contributed by atoms with E-state index in [2.05, 4.69) is 6.58 Å². The molecule has 0 aliphatic carbocycles. The van der Waals surface area contributed by atoms with Crippen molar-refractivity contribution in [1.82, 2.24) is 0 Å². The Morgan fingerprint density at radius 2 is 1.27 bits per heavy atom. The summed E-state index contributed by atoms with van der Waals surface area (Å²) in [5, 5.41) is 0. The van der Waals surface area contributed by atoms with E-state index in [0.717, 1.165) is 16.7 Å². The molecule has 0 spiro atoms. The molecule has 168 valence electrons. The molecule has 0 aliphatic heterocycles. The summed E-state index contributed by atoms with van der Waals surface area (Å²) >= 11 is 0. The number of hydrogen-bond donors (Lipinski definition) is 0. The second-order valence-electron chi connectivity index (χ2n) is 6.99. The minimum atomic E-state index is -0.493. The largest absolute Gasteiger partial charge is 0.457 e. The zero-order chi connectivity index (χ0) is 23.5. The third-order valence-electron chi connectivity index (χ3n) is 4.44. The molecule has 6 heteroatoms. The van der Waals surface area contributed by atoms with E-state index in [9.17, 15) is 9.59 Å². The maximum absolute atomic E-state index is 11.8. The number of carbonyl (C=O) groups is 2. The van der Waals surface area contributed by atoms with Crippen LogP contribution in [0.5, 0.6) is 11.5 Å². The summed E-state index contributed by atoms with van der Waals surface area (Å²) < 4.78 is 20.8. The first-order valence-electron chi connectivity index (χ1n) is 10.2. The molecule has 0 aliphatic rings. The van der Waals surface area contributed by atoms with E-state index in [0.29, 0.717) is 17.1 Å². The molecule has 0 saturated heterocycles. The Labute approximate surface area is 192 Å². The first-order chi connectivity index (χ1) is 16.0. The molecular weight excluding hydrogens is 420 g/mol. The second kappa shape index (κ2) is 11.9. The lowest BCUT2D eigenvalue weighted by molar-refractivity contribution is -0.145. The van der Waals surface area contributed by atoms with Crippen molar-refractivity contribution < 1.29 is 28.5 Å². The van der Waals surface area contributed by atoms with Gasteiger partial charge in [-0.2, -0.15) is 0 Å². The molecule has 0 atom stereocenters. The van der Waals surface area contributed by atoms with Gasteiger partial charge in [0.25, 0.3) is 0 Å². The van der Waals surface area contributed by atoms with Gasteiger partial charge in [-0.05, 0) is 54.0 Å². The average molecular weight is 444 g/mol. The van der Waals surface area contributed by atoms with Crippen LogP contribution in [0.2, 0.25) is 0 Å². The zero-order valence-corrected chi connectivity index (χ0v) is 18.2. The van der Waals surface area contributed by atoms with Gasteiger partial charge in [-0.3, -0.25) is 0 Å². The van der Waals surface area contributed by atoms with E-state index in [-0.39, 0.29) is 13.6 Å². The summed E-state index contributed by atoms with van der Waals surface area (Å²) in [7, 11) is 0. The predicted molar refractivity (Wildman–Crippen MR) is 125 cm³/mol. The summed E-state index contributed by atoms with van der Waals surface area (Å²) in [5.41, 5.74) is 3.19. The molecule has 33 heavy (non-hydrogen) atoms. The molecule has 0 unspecified atom stereocenters. The van der Waals surface area contributed by atoms with Crippen molar-refractivity contribution in [1.29, 1.82) is 0 Å². The lowest BCUT2D eigenvalue weighted by atomic mass is 10.1. The van der Waals surface area contributed by atoms with Crippen LogP contribution in [0.4, 0.5) is 0 Å². The van der Waals surface area contributed by atoms with Gasteiger partial charge in [0.2, 0.25) is 13.6 Å². The molecule has 0 amide bonds. The van der Waals surface area contributed by atoms with E-state index in [1.807, 2.05) is 54.6 Å². The van der Waals surface area contributed by atoms with Gasteiger partial charge in [0.05, 0.1) is 0 Å². The summed E-state index contributed by atoms with van der Waals surface area (Å²) in [6.45, 7) is 4.73. The molecule has 0 fully saturated rings. The van der Waals surface area contributed by atoms with Crippen LogP contribution >= 0.6 is 0 Å². The highest BCUT2D eigenvalue weighted by Gasteiger charge is 2.04. The monoisotopic (exact) mass is 444 g/mol. The highest BCUT2D eigenvalue weighted by Crippen LogP contribution is 2.24. The number of hydrogen-bond acceptors (Lipinski definition) is 6. The number of esters is 2. The van der Waals surface area contributed by atoms with Gasteiger partial charge in [0.1, 0.15) is 11.5 Å². The Bertz CT molecular complexity index is 1100. The van der Waals surface area contributed by atoms with Crippen LogP contribution in [0.25, 0.3) is 17.2 Å². The Balaban J connectivity index is 1.44. The quantitative estimate of drug-likeness (QED) is 0.237. The smallest absolute Gasteiger partial charge is 0.335 e. The van der Waals surface area contributed by atoms with Crippen molar-refractivity contribution in [3.63, 3.8) is 0 Å².